The molecule has 0 saturated carbocycles. The van der Waals surface area contributed by atoms with Crippen molar-refractivity contribution in [2.24, 2.45) is 0 Å². The molecular weight excluding hydrogens is 576 g/mol. The van der Waals surface area contributed by atoms with E-state index in [-0.39, 0.29) is 5.57 Å². The first-order chi connectivity index (χ1) is 22.0. The van der Waals surface area contributed by atoms with Crippen LogP contribution in [0.2, 0.25) is 0 Å². The summed E-state index contributed by atoms with van der Waals surface area (Å²) in [5.74, 6) is 5.89. The topological polar surface area (TPSA) is 78.9 Å². The van der Waals surface area contributed by atoms with Crippen molar-refractivity contribution in [2.75, 3.05) is 0 Å². The molecular formula is C40H32O6. The van der Waals surface area contributed by atoms with Gasteiger partial charge in [-0.05, 0) is 92.1 Å². The molecule has 0 spiro atoms. The van der Waals surface area contributed by atoms with E-state index in [1.165, 1.54) is 0 Å². The smallest absolute Gasteiger partial charge is 0.338 e. The van der Waals surface area contributed by atoms with Crippen molar-refractivity contribution in [1.29, 1.82) is 0 Å². The van der Waals surface area contributed by atoms with Gasteiger partial charge in [0.1, 0.15) is 17.2 Å². The van der Waals surface area contributed by atoms with Crippen molar-refractivity contribution in [3.63, 3.8) is 0 Å². The molecule has 0 unspecified atom stereocenters. The summed E-state index contributed by atoms with van der Waals surface area (Å²) in [4.78, 5) is 35.9. The first kappa shape index (κ1) is 32.7. The van der Waals surface area contributed by atoms with Gasteiger partial charge in [-0.2, -0.15) is 0 Å². The van der Waals surface area contributed by atoms with Crippen LogP contribution in [0.15, 0.2) is 127 Å². The van der Waals surface area contributed by atoms with E-state index in [1.807, 2.05) is 60.7 Å². The second-order valence-electron chi connectivity index (χ2n) is 10.5. The van der Waals surface area contributed by atoms with Crippen LogP contribution in [0, 0.1) is 11.8 Å². The first-order valence-electron chi connectivity index (χ1n) is 14.3. The number of benzene rings is 4. The van der Waals surface area contributed by atoms with E-state index in [2.05, 4.69) is 31.6 Å². The Bertz CT molecular complexity index is 1910. The highest BCUT2D eigenvalue weighted by atomic mass is 16.5. The van der Waals surface area contributed by atoms with Crippen LogP contribution in [0.5, 0.6) is 17.2 Å². The molecule has 46 heavy (non-hydrogen) atoms. The number of esters is 3. The second kappa shape index (κ2) is 15.0. The molecule has 0 saturated heterocycles. The maximum atomic E-state index is 12.5. The number of hydrogen-bond donors (Lipinski definition) is 0. The second-order valence-corrected chi connectivity index (χ2v) is 10.5. The average molecular weight is 609 g/mol. The zero-order chi connectivity index (χ0) is 33.2. The molecule has 4 aromatic carbocycles. The standard InChI is InChI=1S/C40H32O6/c1-26(2)38(41)44-34-20-13-30(14-21-34)8-7-29-11-18-33(19-12-29)36-24-17-32(25-37(36)46-40(43)28(5)6)10-9-31-15-22-35(23-16-31)45-39(42)27(3)4/h7-8,11-25H,1,3,5H2,2,4,6H3. The lowest BCUT2D eigenvalue weighted by Crippen LogP contribution is -2.09. The van der Waals surface area contributed by atoms with Gasteiger partial charge in [-0.25, -0.2) is 14.4 Å². The van der Waals surface area contributed by atoms with Crippen molar-refractivity contribution in [3.05, 3.63) is 150 Å². The summed E-state index contributed by atoms with van der Waals surface area (Å²) < 4.78 is 16.2. The van der Waals surface area contributed by atoms with E-state index in [1.54, 1.807) is 63.2 Å². The highest BCUT2D eigenvalue weighted by Crippen LogP contribution is 2.32. The summed E-state index contributed by atoms with van der Waals surface area (Å²) in [6.07, 6.45) is 3.92. The van der Waals surface area contributed by atoms with E-state index >= 15 is 0 Å². The minimum atomic E-state index is -0.536. The zero-order valence-electron chi connectivity index (χ0n) is 25.9. The quantitative estimate of drug-likeness (QED) is 0.0625. The SMILES string of the molecule is C=C(C)C(=O)Oc1ccc(C#Cc2ccc(-c3ccc(C=Cc4ccc(OC(=O)C(=C)C)cc4)cc3)c(OC(=O)C(=C)C)c2)cc1. The van der Waals surface area contributed by atoms with Crippen LogP contribution < -0.4 is 14.2 Å². The molecule has 0 radical (unpaired) electrons. The molecule has 0 aromatic heterocycles. The van der Waals surface area contributed by atoms with Crippen LogP contribution in [0.4, 0.5) is 0 Å². The monoisotopic (exact) mass is 608 g/mol. The minimum absolute atomic E-state index is 0.275. The van der Waals surface area contributed by atoms with Gasteiger partial charge in [0.25, 0.3) is 0 Å². The first-order valence-corrected chi connectivity index (χ1v) is 14.3. The summed E-state index contributed by atoms with van der Waals surface area (Å²) in [6.45, 7) is 15.6. The lowest BCUT2D eigenvalue weighted by Gasteiger charge is -2.11. The summed E-state index contributed by atoms with van der Waals surface area (Å²) in [7, 11) is 0. The normalized spacial score (nSPS) is 10.3. The van der Waals surface area contributed by atoms with Gasteiger partial charge in [0.15, 0.2) is 0 Å². The zero-order valence-corrected chi connectivity index (χ0v) is 25.9. The summed E-state index contributed by atoms with van der Waals surface area (Å²) in [5.41, 5.74) is 5.75. The third-order valence-electron chi connectivity index (χ3n) is 6.43. The third kappa shape index (κ3) is 9.15. The Morgan fingerprint density at radius 1 is 0.543 bits per heavy atom. The number of carbonyl (C=O) groups is 3. The van der Waals surface area contributed by atoms with Crippen molar-refractivity contribution in [2.45, 2.75) is 20.8 Å². The largest absolute Gasteiger partial charge is 0.423 e. The minimum Gasteiger partial charge on any atom is -0.423 e. The molecule has 0 N–H and O–H groups in total. The number of carbonyl (C=O) groups excluding carboxylic acids is 3. The van der Waals surface area contributed by atoms with Crippen LogP contribution in [0.3, 0.4) is 0 Å². The van der Waals surface area contributed by atoms with Gasteiger partial charge < -0.3 is 14.2 Å². The van der Waals surface area contributed by atoms with E-state index in [0.717, 1.165) is 22.3 Å². The molecule has 4 aromatic rings. The summed E-state index contributed by atoms with van der Waals surface area (Å²) in [6, 6.07) is 27.2. The molecule has 0 heterocycles. The van der Waals surface area contributed by atoms with Crippen LogP contribution in [0.25, 0.3) is 23.3 Å². The van der Waals surface area contributed by atoms with Crippen molar-refractivity contribution >= 4 is 30.1 Å². The predicted molar refractivity (Wildman–Crippen MR) is 181 cm³/mol. The highest BCUT2D eigenvalue weighted by molar-refractivity contribution is 5.91. The van der Waals surface area contributed by atoms with Crippen molar-refractivity contribution in [1.82, 2.24) is 0 Å². The molecule has 0 aliphatic rings. The Hall–Kier alpha value is -6.19. The predicted octanol–water partition coefficient (Wildman–Crippen LogP) is 8.37. The van der Waals surface area contributed by atoms with E-state index in [4.69, 9.17) is 14.2 Å². The number of ether oxygens (including phenoxy) is 3. The fourth-order valence-electron chi connectivity index (χ4n) is 3.86. The maximum Gasteiger partial charge on any atom is 0.338 e. The van der Waals surface area contributed by atoms with Gasteiger partial charge in [0.2, 0.25) is 0 Å². The summed E-state index contributed by atoms with van der Waals surface area (Å²) >= 11 is 0. The maximum absolute atomic E-state index is 12.5. The van der Waals surface area contributed by atoms with Crippen molar-refractivity contribution in [3.8, 4) is 40.2 Å². The Morgan fingerprint density at radius 2 is 0.957 bits per heavy atom. The van der Waals surface area contributed by atoms with Gasteiger partial charge >= 0.3 is 17.9 Å². The Morgan fingerprint density at radius 3 is 1.46 bits per heavy atom. The van der Waals surface area contributed by atoms with E-state index in [0.29, 0.717) is 39.5 Å². The Labute approximate surface area is 269 Å². The third-order valence-corrected chi connectivity index (χ3v) is 6.43. The van der Waals surface area contributed by atoms with Gasteiger partial charge in [-0.15, -0.1) is 0 Å². The molecule has 4 rings (SSSR count). The van der Waals surface area contributed by atoms with Crippen LogP contribution in [-0.2, 0) is 14.4 Å². The molecule has 0 atom stereocenters. The van der Waals surface area contributed by atoms with Gasteiger partial charge in [0, 0.05) is 33.4 Å². The Balaban J connectivity index is 1.52. The fourth-order valence-corrected chi connectivity index (χ4v) is 3.86. The van der Waals surface area contributed by atoms with Crippen molar-refractivity contribution < 1.29 is 28.6 Å². The molecule has 0 amide bonds. The number of rotatable bonds is 9. The van der Waals surface area contributed by atoms with Crippen LogP contribution in [-0.4, -0.2) is 17.9 Å². The molecule has 6 nitrogen and oxygen atoms in total. The average Bonchev–Trinajstić information content (AvgIpc) is 3.04. The fraction of sp³-hybridized carbons (Fsp3) is 0.0750. The molecule has 0 aliphatic heterocycles. The van der Waals surface area contributed by atoms with E-state index in [9.17, 15) is 14.4 Å². The van der Waals surface area contributed by atoms with Gasteiger partial charge in [-0.3, -0.25) is 0 Å². The molecule has 0 aliphatic carbocycles. The molecule has 228 valence electrons. The van der Waals surface area contributed by atoms with Crippen LogP contribution in [0.1, 0.15) is 43.0 Å². The lowest BCUT2D eigenvalue weighted by molar-refractivity contribution is -0.130. The van der Waals surface area contributed by atoms with E-state index < -0.39 is 17.9 Å². The van der Waals surface area contributed by atoms with Gasteiger partial charge in [0.05, 0.1) is 0 Å². The van der Waals surface area contributed by atoms with Crippen LogP contribution >= 0.6 is 0 Å². The summed E-state index contributed by atoms with van der Waals surface area (Å²) in [5, 5.41) is 0. The molecule has 6 heteroatoms. The molecule has 0 bridgehead atoms. The van der Waals surface area contributed by atoms with Gasteiger partial charge in [-0.1, -0.05) is 80.1 Å². The molecule has 0 fully saturated rings. The Kier molecular flexibility index (Phi) is 10.7. The highest BCUT2D eigenvalue weighted by Gasteiger charge is 2.13. The lowest BCUT2D eigenvalue weighted by atomic mass is 10.0. The number of hydrogen-bond acceptors (Lipinski definition) is 6.